The van der Waals surface area contributed by atoms with Crippen LogP contribution in [0.5, 0.6) is 0 Å². The van der Waals surface area contributed by atoms with Crippen LogP contribution in [0.15, 0.2) is 36.5 Å². The van der Waals surface area contributed by atoms with Gasteiger partial charge in [-0.25, -0.2) is 0 Å². The van der Waals surface area contributed by atoms with E-state index in [2.05, 4.69) is 30.1 Å². The highest BCUT2D eigenvalue weighted by Gasteiger charge is 2.05. The first-order valence-electron chi connectivity index (χ1n) is 5.09. The number of benzene rings is 1. The van der Waals surface area contributed by atoms with Crippen LogP contribution in [0.4, 0.5) is 0 Å². The third-order valence-corrected chi connectivity index (χ3v) is 2.65. The van der Waals surface area contributed by atoms with E-state index in [1.807, 2.05) is 12.1 Å². The number of rotatable bonds is 3. The minimum absolute atomic E-state index is 0.272. The molecule has 0 radical (unpaired) electrons. The Morgan fingerprint density at radius 1 is 1.40 bits per heavy atom. The van der Waals surface area contributed by atoms with Crippen molar-refractivity contribution >= 4 is 17.2 Å². The molecule has 1 aromatic carbocycles. The topological polar surface area (TPSA) is 30.0 Å². The minimum atomic E-state index is 0.272. The van der Waals surface area contributed by atoms with Gasteiger partial charge in [-0.05, 0) is 23.6 Å². The number of aromatic nitrogens is 1. The second kappa shape index (κ2) is 4.22. The Labute approximate surface area is 89.0 Å². The summed E-state index contributed by atoms with van der Waals surface area (Å²) >= 11 is 0. The van der Waals surface area contributed by atoms with Gasteiger partial charge >= 0.3 is 0 Å². The minimum Gasteiger partial charge on any atom is -0.303 e. The average molecular weight is 199 g/mol. The zero-order chi connectivity index (χ0) is 10.7. The molecule has 2 nitrogen and oxygen atoms in total. The molecule has 0 bridgehead atoms. The summed E-state index contributed by atoms with van der Waals surface area (Å²) in [6, 6.07) is 10.1. The summed E-state index contributed by atoms with van der Waals surface area (Å²) in [5.41, 5.74) is 2.17. The molecule has 1 heterocycles. The van der Waals surface area contributed by atoms with Gasteiger partial charge in [-0.15, -0.1) is 0 Å². The standard InChI is InChI=1S/C13H13NO/c1-10(6-8-15)12-5-4-11-3-2-7-14-13(11)9-12/h2-5,7-10H,6H2,1H3. The molecule has 2 rings (SSSR count). The smallest absolute Gasteiger partial charge is 0.120 e. The van der Waals surface area contributed by atoms with Crippen LogP contribution >= 0.6 is 0 Å². The number of carbonyl (C=O) groups excluding carboxylic acids is 1. The van der Waals surface area contributed by atoms with Crippen LogP contribution in [0.1, 0.15) is 24.8 Å². The average Bonchev–Trinajstić information content (AvgIpc) is 2.29. The van der Waals surface area contributed by atoms with Gasteiger partial charge in [0.15, 0.2) is 0 Å². The third kappa shape index (κ3) is 2.04. The van der Waals surface area contributed by atoms with Gasteiger partial charge < -0.3 is 4.79 Å². The molecule has 0 aliphatic carbocycles. The lowest BCUT2D eigenvalue weighted by molar-refractivity contribution is -0.108. The van der Waals surface area contributed by atoms with Crippen molar-refractivity contribution < 1.29 is 4.79 Å². The predicted molar refractivity (Wildman–Crippen MR) is 60.8 cm³/mol. The first-order chi connectivity index (χ1) is 7.31. The van der Waals surface area contributed by atoms with Gasteiger partial charge in [0.05, 0.1) is 5.52 Å². The van der Waals surface area contributed by atoms with Crippen molar-refractivity contribution in [3.8, 4) is 0 Å². The van der Waals surface area contributed by atoms with Crippen molar-refractivity contribution in [1.29, 1.82) is 0 Å². The Morgan fingerprint density at radius 2 is 2.27 bits per heavy atom. The lowest BCUT2D eigenvalue weighted by atomic mass is 9.97. The van der Waals surface area contributed by atoms with Crippen molar-refractivity contribution in [1.82, 2.24) is 4.98 Å². The van der Waals surface area contributed by atoms with E-state index in [4.69, 9.17) is 0 Å². The molecular weight excluding hydrogens is 186 g/mol. The van der Waals surface area contributed by atoms with E-state index in [1.54, 1.807) is 6.20 Å². The Morgan fingerprint density at radius 3 is 3.07 bits per heavy atom. The van der Waals surface area contributed by atoms with Crippen molar-refractivity contribution in [3.05, 3.63) is 42.1 Å². The third-order valence-electron chi connectivity index (χ3n) is 2.65. The molecular formula is C13H13NO. The van der Waals surface area contributed by atoms with Crippen molar-refractivity contribution in [3.63, 3.8) is 0 Å². The van der Waals surface area contributed by atoms with Crippen LogP contribution in [0.2, 0.25) is 0 Å². The Hall–Kier alpha value is -1.70. The predicted octanol–water partition coefficient (Wildman–Crippen LogP) is 2.93. The molecule has 0 spiro atoms. The summed E-state index contributed by atoms with van der Waals surface area (Å²) in [6.45, 7) is 2.05. The number of carbonyl (C=O) groups is 1. The molecule has 1 unspecified atom stereocenters. The first-order valence-corrected chi connectivity index (χ1v) is 5.09. The number of aldehydes is 1. The Kier molecular flexibility index (Phi) is 2.77. The maximum absolute atomic E-state index is 10.4. The Balaban J connectivity index is 2.42. The van der Waals surface area contributed by atoms with Gasteiger partial charge in [-0.3, -0.25) is 4.98 Å². The summed E-state index contributed by atoms with van der Waals surface area (Å²) in [7, 11) is 0. The summed E-state index contributed by atoms with van der Waals surface area (Å²) in [4.78, 5) is 14.7. The lowest BCUT2D eigenvalue weighted by Gasteiger charge is -2.08. The SMILES string of the molecule is CC(CC=O)c1ccc2cccnc2c1. The van der Waals surface area contributed by atoms with Gasteiger partial charge in [-0.1, -0.05) is 25.1 Å². The summed E-state index contributed by atoms with van der Waals surface area (Å²) in [5, 5.41) is 1.14. The number of hydrogen-bond donors (Lipinski definition) is 0. The number of fused-ring (bicyclic) bond motifs is 1. The molecule has 0 aliphatic heterocycles. The molecule has 0 aliphatic rings. The summed E-state index contributed by atoms with van der Waals surface area (Å²) in [6.07, 6.45) is 3.32. The maximum atomic E-state index is 10.4. The van der Waals surface area contributed by atoms with Crippen molar-refractivity contribution in [2.24, 2.45) is 0 Å². The van der Waals surface area contributed by atoms with Crippen LogP contribution in [0.3, 0.4) is 0 Å². The highest BCUT2D eigenvalue weighted by molar-refractivity contribution is 5.79. The van der Waals surface area contributed by atoms with E-state index >= 15 is 0 Å². The molecule has 0 saturated heterocycles. The highest BCUT2D eigenvalue weighted by Crippen LogP contribution is 2.21. The Bertz CT molecular complexity index is 479. The quantitative estimate of drug-likeness (QED) is 0.711. The van der Waals surface area contributed by atoms with E-state index in [9.17, 15) is 4.79 Å². The van der Waals surface area contributed by atoms with Crippen LogP contribution in [0, 0.1) is 0 Å². The van der Waals surface area contributed by atoms with Crippen LogP contribution < -0.4 is 0 Å². The first kappa shape index (κ1) is 9.84. The molecule has 1 aromatic heterocycles. The van der Waals surface area contributed by atoms with Crippen LogP contribution in [-0.2, 0) is 4.79 Å². The molecule has 2 heteroatoms. The van der Waals surface area contributed by atoms with Gasteiger partial charge in [0.2, 0.25) is 0 Å². The van der Waals surface area contributed by atoms with Crippen molar-refractivity contribution in [2.45, 2.75) is 19.3 Å². The molecule has 0 saturated carbocycles. The normalized spacial score (nSPS) is 12.6. The zero-order valence-electron chi connectivity index (χ0n) is 8.68. The fraction of sp³-hybridized carbons (Fsp3) is 0.231. The lowest BCUT2D eigenvalue weighted by Crippen LogP contribution is -1.94. The van der Waals surface area contributed by atoms with Gasteiger partial charge in [-0.2, -0.15) is 0 Å². The van der Waals surface area contributed by atoms with Crippen molar-refractivity contribution in [2.75, 3.05) is 0 Å². The molecule has 76 valence electrons. The number of pyridine rings is 1. The van der Waals surface area contributed by atoms with E-state index in [1.165, 1.54) is 5.56 Å². The summed E-state index contributed by atoms with van der Waals surface area (Å²) in [5.74, 6) is 0.272. The molecule has 0 N–H and O–H groups in total. The summed E-state index contributed by atoms with van der Waals surface area (Å²) < 4.78 is 0. The second-order valence-electron chi connectivity index (χ2n) is 3.76. The molecule has 2 aromatic rings. The molecule has 0 fully saturated rings. The van der Waals surface area contributed by atoms with Gasteiger partial charge in [0, 0.05) is 18.0 Å². The van der Waals surface area contributed by atoms with E-state index in [0.717, 1.165) is 17.2 Å². The fourth-order valence-electron chi connectivity index (χ4n) is 1.67. The second-order valence-corrected chi connectivity index (χ2v) is 3.76. The molecule has 1 atom stereocenters. The largest absolute Gasteiger partial charge is 0.303 e. The van der Waals surface area contributed by atoms with E-state index in [-0.39, 0.29) is 5.92 Å². The molecule has 15 heavy (non-hydrogen) atoms. The monoisotopic (exact) mass is 199 g/mol. The van der Waals surface area contributed by atoms with Gasteiger partial charge in [0.25, 0.3) is 0 Å². The zero-order valence-corrected chi connectivity index (χ0v) is 8.68. The van der Waals surface area contributed by atoms with E-state index in [0.29, 0.717) is 6.42 Å². The molecule has 0 amide bonds. The fourth-order valence-corrected chi connectivity index (χ4v) is 1.67. The maximum Gasteiger partial charge on any atom is 0.120 e. The van der Waals surface area contributed by atoms with Gasteiger partial charge in [0.1, 0.15) is 6.29 Å². The van der Waals surface area contributed by atoms with Crippen LogP contribution in [0.25, 0.3) is 10.9 Å². The number of hydrogen-bond acceptors (Lipinski definition) is 2. The van der Waals surface area contributed by atoms with E-state index < -0.39 is 0 Å². The van der Waals surface area contributed by atoms with Crippen LogP contribution in [-0.4, -0.2) is 11.3 Å². The highest BCUT2D eigenvalue weighted by atomic mass is 16.1. The number of nitrogens with zero attached hydrogens (tertiary/aromatic N) is 1.